The largest absolute Gasteiger partial charge is 0.465 e. The van der Waals surface area contributed by atoms with E-state index in [-0.39, 0.29) is 25.7 Å². The Hall–Kier alpha value is -4.35. The number of amides is 2. The zero-order valence-electron chi connectivity index (χ0n) is 23.8. The van der Waals surface area contributed by atoms with Gasteiger partial charge in [0.05, 0.1) is 30.7 Å². The minimum absolute atomic E-state index is 0.0857. The van der Waals surface area contributed by atoms with E-state index in [4.69, 9.17) is 9.47 Å². The van der Waals surface area contributed by atoms with E-state index in [1.165, 1.54) is 4.90 Å². The summed E-state index contributed by atoms with van der Waals surface area (Å²) >= 11 is 0. The van der Waals surface area contributed by atoms with E-state index in [0.29, 0.717) is 23.9 Å². The zero-order valence-corrected chi connectivity index (χ0v) is 23.8. The lowest BCUT2D eigenvalue weighted by Gasteiger charge is -2.41. The Morgan fingerprint density at radius 3 is 2.58 bits per heavy atom. The lowest BCUT2D eigenvalue weighted by Crippen LogP contribution is -2.57. The summed E-state index contributed by atoms with van der Waals surface area (Å²) in [6.07, 6.45) is 8.35. The van der Waals surface area contributed by atoms with E-state index in [1.807, 2.05) is 79.7 Å². The van der Waals surface area contributed by atoms with Crippen molar-refractivity contribution in [1.82, 2.24) is 24.8 Å². The maximum Gasteiger partial charge on any atom is 0.313 e. The van der Waals surface area contributed by atoms with Gasteiger partial charge in [-0.25, -0.2) is 4.68 Å². The Balaban J connectivity index is 1.37. The van der Waals surface area contributed by atoms with Gasteiger partial charge in [-0.15, -0.1) is 5.10 Å². The maximum absolute atomic E-state index is 14.8. The summed E-state index contributed by atoms with van der Waals surface area (Å²) in [4.78, 5) is 46.2. The minimum Gasteiger partial charge on any atom is -0.465 e. The van der Waals surface area contributed by atoms with E-state index in [0.717, 1.165) is 5.52 Å². The second-order valence-electron chi connectivity index (χ2n) is 11.5. The first-order chi connectivity index (χ1) is 20.9. The molecule has 6 atom stereocenters. The van der Waals surface area contributed by atoms with Crippen molar-refractivity contribution in [2.75, 3.05) is 19.8 Å². The second-order valence-corrected chi connectivity index (χ2v) is 11.5. The van der Waals surface area contributed by atoms with Crippen molar-refractivity contribution in [1.29, 1.82) is 0 Å². The fourth-order valence-electron chi connectivity index (χ4n) is 7.39. The Bertz CT molecular complexity index is 1640. The Labute approximate surface area is 248 Å². The average Bonchev–Trinajstić information content (AvgIpc) is 3.59. The first-order valence-electron chi connectivity index (χ1n) is 14.7. The summed E-state index contributed by atoms with van der Waals surface area (Å²) in [7, 11) is 0. The topological polar surface area (TPSA) is 127 Å². The molecule has 2 aromatic carbocycles. The van der Waals surface area contributed by atoms with Crippen molar-refractivity contribution >= 4 is 28.8 Å². The van der Waals surface area contributed by atoms with Gasteiger partial charge in [-0.05, 0) is 30.5 Å². The van der Waals surface area contributed by atoms with Crippen LogP contribution in [-0.2, 0) is 30.5 Å². The Morgan fingerprint density at radius 2 is 1.79 bits per heavy atom. The van der Waals surface area contributed by atoms with Crippen LogP contribution in [-0.4, -0.2) is 84.7 Å². The summed E-state index contributed by atoms with van der Waals surface area (Å²) in [5.74, 6) is -3.30. The van der Waals surface area contributed by atoms with Gasteiger partial charge in [-0.2, -0.15) is 0 Å². The normalized spacial score (nSPS) is 30.8. The molecule has 0 saturated carbocycles. The molecule has 222 valence electrons. The number of carbonyl (C=O) groups is 3. The molecule has 1 spiro atoms. The summed E-state index contributed by atoms with van der Waals surface area (Å²) in [6.45, 7) is 2.00. The minimum atomic E-state index is -1.47. The van der Waals surface area contributed by atoms with E-state index < -0.39 is 53.6 Å². The van der Waals surface area contributed by atoms with Gasteiger partial charge in [0.15, 0.2) is 0 Å². The van der Waals surface area contributed by atoms with Gasteiger partial charge in [-0.3, -0.25) is 14.4 Å². The molecule has 2 saturated heterocycles. The first-order valence-corrected chi connectivity index (χ1v) is 14.7. The van der Waals surface area contributed by atoms with Crippen LogP contribution in [0.5, 0.6) is 0 Å². The van der Waals surface area contributed by atoms with Crippen LogP contribution in [0.2, 0.25) is 0 Å². The molecule has 0 aliphatic carbocycles. The molecule has 43 heavy (non-hydrogen) atoms. The van der Waals surface area contributed by atoms with Crippen molar-refractivity contribution in [3.8, 4) is 0 Å². The fraction of sp³-hybridized carbons (Fsp3) is 0.406. The molecule has 3 aromatic rings. The van der Waals surface area contributed by atoms with Crippen molar-refractivity contribution in [3.05, 3.63) is 84.5 Å². The van der Waals surface area contributed by atoms with Crippen LogP contribution < -0.4 is 0 Å². The highest BCUT2D eigenvalue weighted by Crippen LogP contribution is 2.59. The number of ether oxygens (including phenoxy) is 2. The van der Waals surface area contributed by atoms with Crippen LogP contribution in [0.1, 0.15) is 31.4 Å². The van der Waals surface area contributed by atoms with Gasteiger partial charge in [0.2, 0.25) is 5.91 Å². The number of rotatable bonds is 6. The third-order valence-electron chi connectivity index (χ3n) is 9.34. The highest BCUT2D eigenvalue weighted by atomic mass is 16.6. The molecule has 5 heterocycles. The van der Waals surface area contributed by atoms with Crippen molar-refractivity contribution in [2.45, 2.75) is 49.7 Å². The summed E-state index contributed by atoms with van der Waals surface area (Å²) in [5, 5.41) is 19.2. The third-order valence-corrected chi connectivity index (χ3v) is 9.34. The van der Waals surface area contributed by atoms with Crippen LogP contribution in [0, 0.1) is 11.8 Å². The summed E-state index contributed by atoms with van der Waals surface area (Å²) in [6, 6.07) is 14.6. The van der Waals surface area contributed by atoms with Gasteiger partial charge >= 0.3 is 5.97 Å². The number of carbonyl (C=O) groups excluding carboxylic acids is 3. The van der Waals surface area contributed by atoms with Crippen molar-refractivity contribution in [2.24, 2.45) is 11.8 Å². The Morgan fingerprint density at radius 1 is 1.00 bits per heavy atom. The summed E-state index contributed by atoms with van der Waals surface area (Å²) in [5.41, 5.74) is -0.466. The number of fused-ring (bicyclic) bond motifs is 3. The highest BCUT2D eigenvalue weighted by molar-refractivity contribution is 5.99. The number of aliphatic hydroxyl groups is 1. The first kappa shape index (κ1) is 27.5. The number of aliphatic hydroxyl groups excluding tert-OH is 1. The number of esters is 1. The van der Waals surface area contributed by atoms with Gasteiger partial charge in [0, 0.05) is 6.54 Å². The maximum atomic E-state index is 14.8. The number of cyclic esters (lactones) is 1. The number of hydrogen-bond donors (Lipinski definition) is 1. The second kappa shape index (κ2) is 10.4. The number of para-hydroxylation sites is 1. The molecular weight excluding hydrogens is 550 g/mol. The molecule has 2 fully saturated rings. The number of nitrogens with zero attached hydrogens (tertiary/aromatic N) is 5. The number of likely N-dealkylation sites (tertiary alicyclic amines) is 1. The predicted octanol–water partition coefficient (Wildman–Crippen LogP) is 2.38. The van der Waals surface area contributed by atoms with E-state index in [9.17, 15) is 19.5 Å². The van der Waals surface area contributed by atoms with Crippen LogP contribution in [0.3, 0.4) is 0 Å². The smallest absolute Gasteiger partial charge is 0.313 e. The molecule has 4 aliphatic heterocycles. The van der Waals surface area contributed by atoms with Crippen molar-refractivity contribution < 1.29 is 29.0 Å². The molecule has 1 unspecified atom stereocenters. The Kier molecular flexibility index (Phi) is 6.66. The van der Waals surface area contributed by atoms with Crippen molar-refractivity contribution in [3.63, 3.8) is 0 Å². The third kappa shape index (κ3) is 4.05. The number of aromatic nitrogens is 3. The highest BCUT2D eigenvalue weighted by Gasteiger charge is 2.76. The molecule has 7 rings (SSSR count). The summed E-state index contributed by atoms with van der Waals surface area (Å²) < 4.78 is 14.2. The molecule has 2 amide bonds. The molecule has 4 aliphatic rings. The lowest BCUT2D eigenvalue weighted by molar-refractivity contribution is -0.164. The molecule has 1 aromatic heterocycles. The van der Waals surface area contributed by atoms with Gasteiger partial charge in [-0.1, -0.05) is 78.9 Å². The zero-order chi connectivity index (χ0) is 29.8. The fourth-order valence-corrected chi connectivity index (χ4v) is 7.39. The average molecular weight is 584 g/mol. The monoisotopic (exact) mass is 583 g/mol. The molecule has 0 radical (unpaired) electrons. The van der Waals surface area contributed by atoms with Gasteiger partial charge in [0.25, 0.3) is 5.91 Å². The van der Waals surface area contributed by atoms with Crippen LogP contribution in [0.4, 0.5) is 0 Å². The van der Waals surface area contributed by atoms with Crippen LogP contribution in [0.25, 0.3) is 11.0 Å². The molecule has 0 bridgehead atoms. The van der Waals surface area contributed by atoms with E-state index in [1.54, 1.807) is 15.7 Å². The lowest BCUT2D eigenvalue weighted by atomic mass is 9.73. The van der Waals surface area contributed by atoms with Gasteiger partial charge in [0.1, 0.15) is 35.3 Å². The molecule has 11 nitrogen and oxygen atoms in total. The molecule has 1 N–H and O–H groups in total. The van der Waals surface area contributed by atoms with Gasteiger partial charge < -0.3 is 24.4 Å². The van der Waals surface area contributed by atoms with Crippen LogP contribution in [0.15, 0.2) is 78.9 Å². The standard InChI is InChI=1S/C32H33N5O6/c1-2-31-15-8-9-18-42-30(41)26(31)25-28(39)37(24(19-38)21-11-4-3-5-12-21)27-29(40)35(17-10-16-32(25,27)43-31)20-36-23-14-7-6-13-22(23)33-34-36/h3-8,10-16,24-27,38H,2,9,17-20H2,1H3/t24-,25+,26+,27?,31-,32+/m1/s1. The predicted molar refractivity (Wildman–Crippen MR) is 154 cm³/mol. The van der Waals surface area contributed by atoms with Crippen LogP contribution >= 0.6 is 0 Å². The van der Waals surface area contributed by atoms with E-state index in [2.05, 4.69) is 10.3 Å². The quantitative estimate of drug-likeness (QED) is 0.346. The molecular formula is C32H33N5O6. The molecule has 11 heteroatoms. The van der Waals surface area contributed by atoms with E-state index >= 15 is 0 Å². The number of hydrogen-bond acceptors (Lipinski definition) is 8. The number of benzene rings is 2. The SMILES string of the molecule is CC[C@@]12C=CCCOC(=O)[C@@H]1[C@H]1C(=O)N([C@H](CO)c3ccccc3)C3C(=O)N(Cn4nnc5ccccc54)CC=C[C@@]31O2.